The van der Waals surface area contributed by atoms with E-state index in [0.717, 1.165) is 16.8 Å². The summed E-state index contributed by atoms with van der Waals surface area (Å²) in [4.78, 5) is 0. The molecule has 0 aliphatic heterocycles. The summed E-state index contributed by atoms with van der Waals surface area (Å²) in [6, 6.07) is 39.0. The van der Waals surface area contributed by atoms with Crippen LogP contribution in [0.15, 0.2) is 115 Å². The first-order valence-electron chi connectivity index (χ1n) is 11.9. The van der Waals surface area contributed by atoms with E-state index in [1.165, 1.54) is 38.6 Å². The van der Waals surface area contributed by atoms with Crippen molar-refractivity contribution in [1.29, 1.82) is 0 Å². The molecule has 1 unspecified atom stereocenters. The molecule has 1 atom stereocenters. The monoisotopic (exact) mass is 439 g/mol. The van der Waals surface area contributed by atoms with Crippen LogP contribution in [-0.4, -0.2) is 0 Å². The van der Waals surface area contributed by atoms with Gasteiger partial charge in [-0.15, -0.1) is 0 Å². The zero-order valence-electron chi connectivity index (χ0n) is 19.7. The number of benzene rings is 5. The minimum absolute atomic E-state index is 0.330. The summed E-state index contributed by atoms with van der Waals surface area (Å²) >= 11 is 0. The summed E-state index contributed by atoms with van der Waals surface area (Å²) in [5, 5.41) is 2.60. The SMILES string of the molecule is C/C=C\c1c(N)cccc1-c1ccc(-c2ccc(C(C)c3ccccc3)c3ccccc23)cc1. The highest BCUT2D eigenvalue weighted by Crippen LogP contribution is 2.37. The van der Waals surface area contributed by atoms with Crippen molar-refractivity contribution in [3.63, 3.8) is 0 Å². The van der Waals surface area contributed by atoms with Gasteiger partial charge in [0.15, 0.2) is 0 Å². The molecule has 166 valence electrons. The number of allylic oxidation sites excluding steroid dienone is 1. The molecular formula is C33H29N. The minimum atomic E-state index is 0.330. The summed E-state index contributed by atoms with van der Waals surface area (Å²) < 4.78 is 0. The minimum Gasteiger partial charge on any atom is -0.398 e. The quantitative estimate of drug-likeness (QED) is 0.272. The Morgan fingerprint density at radius 2 is 1.26 bits per heavy atom. The van der Waals surface area contributed by atoms with Crippen LogP contribution < -0.4 is 5.73 Å². The second-order valence-corrected chi connectivity index (χ2v) is 8.77. The van der Waals surface area contributed by atoms with Crippen LogP contribution in [0, 0.1) is 0 Å². The highest BCUT2D eigenvalue weighted by atomic mass is 14.6. The molecule has 34 heavy (non-hydrogen) atoms. The fourth-order valence-corrected chi connectivity index (χ4v) is 4.89. The summed E-state index contributed by atoms with van der Waals surface area (Å²) in [6.45, 7) is 4.31. The maximum absolute atomic E-state index is 6.26. The maximum Gasteiger partial charge on any atom is 0.0393 e. The Morgan fingerprint density at radius 1 is 0.618 bits per heavy atom. The highest BCUT2D eigenvalue weighted by molar-refractivity contribution is 5.99. The molecule has 0 heterocycles. The molecule has 0 aromatic heterocycles. The summed E-state index contributed by atoms with van der Waals surface area (Å²) in [5.74, 6) is 0.330. The van der Waals surface area contributed by atoms with Gasteiger partial charge in [0, 0.05) is 17.2 Å². The lowest BCUT2D eigenvalue weighted by Crippen LogP contribution is -1.98. The molecule has 0 fully saturated rings. The molecule has 5 aromatic rings. The van der Waals surface area contributed by atoms with Crippen LogP contribution in [0.3, 0.4) is 0 Å². The van der Waals surface area contributed by atoms with Gasteiger partial charge in [-0.05, 0) is 57.1 Å². The molecule has 5 rings (SSSR count). The van der Waals surface area contributed by atoms with E-state index in [-0.39, 0.29) is 0 Å². The maximum atomic E-state index is 6.26. The molecule has 1 nitrogen and oxygen atoms in total. The van der Waals surface area contributed by atoms with Gasteiger partial charge in [0.1, 0.15) is 0 Å². The molecule has 0 bridgehead atoms. The Labute approximate surface area is 202 Å². The number of nitrogens with two attached hydrogens (primary N) is 1. The number of anilines is 1. The molecule has 2 N–H and O–H groups in total. The van der Waals surface area contributed by atoms with Gasteiger partial charge in [0.25, 0.3) is 0 Å². The van der Waals surface area contributed by atoms with E-state index in [2.05, 4.69) is 110 Å². The smallest absolute Gasteiger partial charge is 0.0393 e. The predicted octanol–water partition coefficient (Wildman–Crippen LogP) is 8.94. The number of fused-ring (bicyclic) bond motifs is 1. The molecule has 1 heteroatoms. The van der Waals surface area contributed by atoms with Crippen LogP contribution in [0.25, 0.3) is 39.1 Å². The van der Waals surface area contributed by atoms with Gasteiger partial charge in [-0.25, -0.2) is 0 Å². The third-order valence-electron chi connectivity index (χ3n) is 6.70. The van der Waals surface area contributed by atoms with Crippen LogP contribution >= 0.6 is 0 Å². The molecule has 0 saturated heterocycles. The van der Waals surface area contributed by atoms with Gasteiger partial charge in [-0.1, -0.05) is 122 Å². The molecule has 0 spiro atoms. The topological polar surface area (TPSA) is 26.0 Å². The second-order valence-electron chi connectivity index (χ2n) is 8.77. The Kier molecular flexibility index (Phi) is 6.01. The van der Waals surface area contributed by atoms with Crippen molar-refractivity contribution in [2.24, 2.45) is 0 Å². The normalized spacial score (nSPS) is 12.3. The van der Waals surface area contributed by atoms with Crippen LogP contribution in [0.4, 0.5) is 5.69 Å². The molecule has 0 amide bonds. The van der Waals surface area contributed by atoms with E-state index in [1.807, 2.05) is 25.1 Å². The van der Waals surface area contributed by atoms with Crippen molar-refractivity contribution in [2.45, 2.75) is 19.8 Å². The third kappa shape index (κ3) is 4.02. The fraction of sp³-hybridized carbons (Fsp3) is 0.0909. The number of nitrogen functional groups attached to an aromatic ring is 1. The lowest BCUT2D eigenvalue weighted by atomic mass is 9.86. The number of rotatable bonds is 5. The largest absolute Gasteiger partial charge is 0.398 e. The average molecular weight is 440 g/mol. The summed E-state index contributed by atoms with van der Waals surface area (Å²) in [7, 11) is 0. The first-order chi connectivity index (χ1) is 16.7. The lowest BCUT2D eigenvalue weighted by molar-refractivity contribution is 0.933. The Balaban J connectivity index is 1.57. The van der Waals surface area contributed by atoms with Crippen LogP contribution in [0.1, 0.15) is 36.5 Å². The molecular weight excluding hydrogens is 410 g/mol. The van der Waals surface area contributed by atoms with Crippen molar-refractivity contribution in [3.05, 3.63) is 132 Å². The first kappa shape index (κ1) is 21.7. The Hall–Kier alpha value is -4.10. The van der Waals surface area contributed by atoms with Crippen molar-refractivity contribution < 1.29 is 0 Å². The summed E-state index contributed by atoms with van der Waals surface area (Å²) in [6.07, 6.45) is 4.12. The van der Waals surface area contributed by atoms with E-state index in [1.54, 1.807) is 0 Å². The first-order valence-corrected chi connectivity index (χ1v) is 11.9. The lowest BCUT2D eigenvalue weighted by Gasteiger charge is -2.18. The van der Waals surface area contributed by atoms with Gasteiger partial charge in [0.2, 0.25) is 0 Å². The zero-order chi connectivity index (χ0) is 23.5. The fourth-order valence-electron chi connectivity index (χ4n) is 4.89. The van der Waals surface area contributed by atoms with E-state index in [9.17, 15) is 0 Å². The second kappa shape index (κ2) is 9.41. The molecule has 0 aliphatic rings. The molecule has 0 aliphatic carbocycles. The van der Waals surface area contributed by atoms with Gasteiger partial charge in [-0.3, -0.25) is 0 Å². The Morgan fingerprint density at radius 3 is 1.97 bits per heavy atom. The molecule has 0 saturated carbocycles. The van der Waals surface area contributed by atoms with Crippen LogP contribution in [0.5, 0.6) is 0 Å². The van der Waals surface area contributed by atoms with E-state index in [4.69, 9.17) is 5.73 Å². The molecule has 0 radical (unpaired) electrons. The Bertz CT molecular complexity index is 1460. The summed E-state index contributed by atoms with van der Waals surface area (Å²) in [5.41, 5.74) is 15.6. The van der Waals surface area contributed by atoms with E-state index >= 15 is 0 Å². The average Bonchev–Trinajstić information content (AvgIpc) is 2.89. The van der Waals surface area contributed by atoms with E-state index < -0.39 is 0 Å². The highest BCUT2D eigenvalue weighted by Gasteiger charge is 2.14. The van der Waals surface area contributed by atoms with Crippen LogP contribution in [0.2, 0.25) is 0 Å². The standard InChI is InChI=1S/C33H29N/c1-3-10-32-28(15-9-16-33(32)34)25-17-19-26(20-18-25)29-22-21-27(30-13-7-8-14-31(29)30)23(2)24-11-5-4-6-12-24/h3-23H,34H2,1-2H3/b10-3-. The zero-order valence-corrected chi connectivity index (χ0v) is 19.7. The van der Waals surface area contributed by atoms with E-state index in [0.29, 0.717) is 5.92 Å². The third-order valence-corrected chi connectivity index (χ3v) is 6.70. The van der Waals surface area contributed by atoms with Gasteiger partial charge >= 0.3 is 0 Å². The van der Waals surface area contributed by atoms with Crippen molar-refractivity contribution >= 4 is 22.5 Å². The van der Waals surface area contributed by atoms with Gasteiger partial charge < -0.3 is 5.73 Å². The van der Waals surface area contributed by atoms with Crippen molar-refractivity contribution in [1.82, 2.24) is 0 Å². The van der Waals surface area contributed by atoms with Gasteiger partial charge in [0.05, 0.1) is 0 Å². The van der Waals surface area contributed by atoms with Crippen molar-refractivity contribution in [2.75, 3.05) is 5.73 Å². The number of hydrogen-bond acceptors (Lipinski definition) is 1. The van der Waals surface area contributed by atoms with Crippen LogP contribution in [-0.2, 0) is 0 Å². The van der Waals surface area contributed by atoms with Gasteiger partial charge in [-0.2, -0.15) is 0 Å². The number of hydrogen-bond donors (Lipinski definition) is 1. The predicted molar refractivity (Wildman–Crippen MR) is 148 cm³/mol. The molecule has 5 aromatic carbocycles. The van der Waals surface area contributed by atoms with Crippen molar-refractivity contribution in [3.8, 4) is 22.3 Å².